The van der Waals surface area contributed by atoms with Gasteiger partial charge >= 0.3 is 5.97 Å². The monoisotopic (exact) mass is 250 g/mol. The SMILES string of the molecule is C/C=C/C=C\CCC1(O)C=CC[C@]1(C)C(=O)OC. The molecule has 0 spiro atoms. The molecule has 18 heavy (non-hydrogen) atoms. The molecule has 0 fully saturated rings. The molecule has 0 amide bonds. The highest BCUT2D eigenvalue weighted by atomic mass is 16.5. The van der Waals surface area contributed by atoms with Gasteiger partial charge in [0.2, 0.25) is 0 Å². The molecular weight excluding hydrogens is 228 g/mol. The van der Waals surface area contributed by atoms with E-state index in [1.807, 2.05) is 37.3 Å². The van der Waals surface area contributed by atoms with E-state index in [-0.39, 0.29) is 5.97 Å². The highest BCUT2D eigenvalue weighted by Gasteiger charge is 2.53. The fourth-order valence-corrected chi connectivity index (χ4v) is 2.28. The fraction of sp³-hybridized carbons (Fsp3) is 0.533. The summed E-state index contributed by atoms with van der Waals surface area (Å²) < 4.78 is 4.81. The fourth-order valence-electron chi connectivity index (χ4n) is 2.28. The molecule has 0 aromatic heterocycles. The predicted octanol–water partition coefficient (Wildman–Crippen LogP) is 2.77. The zero-order chi connectivity index (χ0) is 13.6. The van der Waals surface area contributed by atoms with Gasteiger partial charge in [0.15, 0.2) is 0 Å². The zero-order valence-electron chi connectivity index (χ0n) is 11.3. The predicted molar refractivity (Wildman–Crippen MR) is 72.0 cm³/mol. The lowest BCUT2D eigenvalue weighted by atomic mass is 9.73. The van der Waals surface area contributed by atoms with E-state index < -0.39 is 11.0 Å². The molecule has 0 aromatic carbocycles. The highest BCUT2D eigenvalue weighted by molar-refractivity contribution is 5.79. The molecule has 1 aliphatic carbocycles. The Labute approximate surface area is 109 Å². The quantitative estimate of drug-likeness (QED) is 0.463. The van der Waals surface area contributed by atoms with Crippen LogP contribution in [0.3, 0.4) is 0 Å². The molecule has 1 aliphatic rings. The Morgan fingerprint density at radius 2 is 2.22 bits per heavy atom. The van der Waals surface area contributed by atoms with Gasteiger partial charge in [-0.2, -0.15) is 0 Å². The second-order valence-electron chi connectivity index (χ2n) is 4.85. The van der Waals surface area contributed by atoms with Crippen LogP contribution >= 0.6 is 0 Å². The molecule has 0 aromatic rings. The topological polar surface area (TPSA) is 46.5 Å². The van der Waals surface area contributed by atoms with Crippen LogP contribution in [-0.2, 0) is 9.53 Å². The van der Waals surface area contributed by atoms with Gasteiger partial charge in [0.05, 0.1) is 12.7 Å². The third kappa shape index (κ3) is 2.72. The first kappa shape index (κ1) is 14.7. The molecule has 0 saturated carbocycles. The number of carbonyl (C=O) groups excluding carboxylic acids is 1. The first-order valence-electron chi connectivity index (χ1n) is 6.26. The van der Waals surface area contributed by atoms with Crippen LogP contribution < -0.4 is 0 Å². The second-order valence-corrected chi connectivity index (χ2v) is 4.85. The first-order valence-corrected chi connectivity index (χ1v) is 6.26. The van der Waals surface area contributed by atoms with E-state index in [1.54, 1.807) is 13.0 Å². The molecule has 3 heteroatoms. The highest BCUT2D eigenvalue weighted by Crippen LogP contribution is 2.45. The van der Waals surface area contributed by atoms with Crippen molar-refractivity contribution in [2.75, 3.05) is 7.11 Å². The average Bonchev–Trinajstić information content (AvgIpc) is 2.66. The largest absolute Gasteiger partial charge is 0.468 e. The lowest BCUT2D eigenvalue weighted by Gasteiger charge is -2.36. The van der Waals surface area contributed by atoms with Gasteiger partial charge in [-0.3, -0.25) is 4.79 Å². The molecule has 1 rings (SSSR count). The van der Waals surface area contributed by atoms with Crippen molar-refractivity contribution in [1.29, 1.82) is 0 Å². The molecule has 0 saturated heterocycles. The standard InChI is InChI=1S/C15H22O3/c1-4-5-6-7-8-11-15(17)12-9-10-14(15,2)13(16)18-3/h4-7,9,12,17H,8,10-11H2,1-3H3/b5-4+,7-6-/t14-,15?/m1/s1. The number of rotatable bonds is 5. The van der Waals surface area contributed by atoms with Crippen LogP contribution in [0.15, 0.2) is 36.5 Å². The van der Waals surface area contributed by atoms with Crippen LogP contribution in [0.5, 0.6) is 0 Å². The molecule has 0 aliphatic heterocycles. The van der Waals surface area contributed by atoms with Gasteiger partial charge in [-0.05, 0) is 33.1 Å². The maximum Gasteiger partial charge on any atom is 0.315 e. The van der Waals surface area contributed by atoms with Gasteiger partial charge in [-0.15, -0.1) is 0 Å². The Balaban J connectivity index is 2.71. The number of methoxy groups -OCH3 is 1. The lowest BCUT2D eigenvalue weighted by Crippen LogP contribution is -2.47. The minimum Gasteiger partial charge on any atom is -0.468 e. The van der Waals surface area contributed by atoms with Crippen LogP contribution in [0.25, 0.3) is 0 Å². The van der Waals surface area contributed by atoms with Gasteiger partial charge in [0.25, 0.3) is 0 Å². The van der Waals surface area contributed by atoms with E-state index in [0.29, 0.717) is 12.8 Å². The number of carbonyl (C=O) groups is 1. The van der Waals surface area contributed by atoms with E-state index in [9.17, 15) is 9.90 Å². The van der Waals surface area contributed by atoms with Gasteiger partial charge in [-0.1, -0.05) is 36.5 Å². The first-order chi connectivity index (χ1) is 8.50. The summed E-state index contributed by atoms with van der Waals surface area (Å²) in [5, 5.41) is 10.6. The lowest BCUT2D eigenvalue weighted by molar-refractivity contribution is -0.163. The van der Waals surface area contributed by atoms with E-state index >= 15 is 0 Å². The Kier molecular flexibility index (Phi) is 4.91. The van der Waals surface area contributed by atoms with Gasteiger partial charge in [-0.25, -0.2) is 0 Å². The smallest absolute Gasteiger partial charge is 0.315 e. The molecule has 0 bridgehead atoms. The van der Waals surface area contributed by atoms with Crippen molar-refractivity contribution in [2.24, 2.45) is 5.41 Å². The molecule has 1 N–H and O–H groups in total. The van der Waals surface area contributed by atoms with Gasteiger partial charge in [0.1, 0.15) is 5.41 Å². The Hall–Kier alpha value is -1.35. The normalized spacial score (nSPS) is 31.6. The van der Waals surface area contributed by atoms with E-state index in [2.05, 4.69) is 0 Å². The average molecular weight is 250 g/mol. The molecule has 2 atom stereocenters. The summed E-state index contributed by atoms with van der Waals surface area (Å²) in [5.74, 6) is -0.354. The number of allylic oxidation sites excluding steroid dienone is 5. The van der Waals surface area contributed by atoms with Gasteiger partial charge < -0.3 is 9.84 Å². The maximum absolute atomic E-state index is 11.8. The van der Waals surface area contributed by atoms with Gasteiger partial charge in [0, 0.05) is 0 Å². The molecule has 1 unspecified atom stereocenters. The van der Waals surface area contributed by atoms with E-state index in [1.165, 1.54) is 7.11 Å². The molecular formula is C15H22O3. The zero-order valence-corrected chi connectivity index (χ0v) is 11.3. The van der Waals surface area contributed by atoms with Crippen molar-refractivity contribution < 1.29 is 14.6 Å². The van der Waals surface area contributed by atoms with Crippen molar-refractivity contribution in [3.05, 3.63) is 36.5 Å². The summed E-state index contributed by atoms with van der Waals surface area (Å²) in [7, 11) is 1.36. The summed E-state index contributed by atoms with van der Waals surface area (Å²) >= 11 is 0. The third-order valence-corrected chi connectivity index (χ3v) is 3.64. The number of esters is 1. The van der Waals surface area contributed by atoms with Crippen LogP contribution in [0.2, 0.25) is 0 Å². The summed E-state index contributed by atoms with van der Waals surface area (Å²) in [5.41, 5.74) is -1.98. The summed E-state index contributed by atoms with van der Waals surface area (Å²) in [6.45, 7) is 3.71. The second kappa shape index (κ2) is 6.01. The van der Waals surface area contributed by atoms with Crippen molar-refractivity contribution in [3.8, 4) is 0 Å². The summed E-state index contributed by atoms with van der Waals surface area (Å²) in [4.78, 5) is 11.8. The van der Waals surface area contributed by atoms with Crippen molar-refractivity contribution in [3.63, 3.8) is 0 Å². The van der Waals surface area contributed by atoms with Crippen molar-refractivity contribution in [2.45, 2.75) is 38.7 Å². The molecule has 3 nitrogen and oxygen atoms in total. The molecule has 100 valence electrons. The Bertz CT molecular complexity index is 381. The molecule has 0 radical (unpaired) electrons. The summed E-state index contributed by atoms with van der Waals surface area (Å²) in [6, 6.07) is 0. The maximum atomic E-state index is 11.8. The molecule has 0 heterocycles. The number of aliphatic hydroxyl groups is 1. The Morgan fingerprint density at radius 3 is 2.83 bits per heavy atom. The van der Waals surface area contributed by atoms with Crippen molar-refractivity contribution >= 4 is 5.97 Å². The van der Waals surface area contributed by atoms with Crippen LogP contribution in [0.4, 0.5) is 0 Å². The number of ether oxygens (including phenoxy) is 1. The van der Waals surface area contributed by atoms with Crippen LogP contribution in [-0.4, -0.2) is 23.8 Å². The number of hydrogen-bond acceptors (Lipinski definition) is 3. The van der Waals surface area contributed by atoms with E-state index in [4.69, 9.17) is 4.74 Å². The van der Waals surface area contributed by atoms with Crippen LogP contribution in [0, 0.1) is 5.41 Å². The number of hydrogen-bond donors (Lipinski definition) is 1. The van der Waals surface area contributed by atoms with Crippen molar-refractivity contribution in [1.82, 2.24) is 0 Å². The third-order valence-electron chi connectivity index (χ3n) is 3.64. The van der Waals surface area contributed by atoms with Crippen LogP contribution in [0.1, 0.15) is 33.1 Å². The van der Waals surface area contributed by atoms with E-state index in [0.717, 1.165) is 6.42 Å². The Morgan fingerprint density at radius 1 is 1.50 bits per heavy atom. The summed E-state index contributed by atoms with van der Waals surface area (Å²) in [6.07, 6.45) is 13.2. The minimum atomic E-state index is -1.11. The minimum absolute atomic E-state index is 0.354.